The number of amides is 2. The SMILES string of the molecule is CCc1nc2ccc(C(=O)N3CCN(C(=O)C(C)(C)C)CC3)cc2[nH]1. The standard InChI is InChI=1S/C19H26N4O2/c1-5-16-20-14-7-6-13(12-15(14)21-16)17(24)22-8-10-23(11-9-22)18(25)19(2,3)4/h6-7,12H,5,8-11H2,1-4H3,(H,20,21). The number of piperazine rings is 1. The maximum Gasteiger partial charge on any atom is 0.254 e. The largest absolute Gasteiger partial charge is 0.342 e. The molecule has 0 aliphatic carbocycles. The van der Waals surface area contributed by atoms with Gasteiger partial charge in [0.1, 0.15) is 5.82 Å². The highest BCUT2D eigenvalue weighted by atomic mass is 16.2. The number of benzene rings is 1. The number of aromatic amines is 1. The van der Waals surface area contributed by atoms with Gasteiger partial charge < -0.3 is 14.8 Å². The van der Waals surface area contributed by atoms with Crippen LogP contribution in [0.3, 0.4) is 0 Å². The molecule has 1 saturated heterocycles. The van der Waals surface area contributed by atoms with E-state index >= 15 is 0 Å². The summed E-state index contributed by atoms with van der Waals surface area (Å²) in [5.41, 5.74) is 2.06. The van der Waals surface area contributed by atoms with Crippen molar-refractivity contribution in [3.05, 3.63) is 29.6 Å². The van der Waals surface area contributed by atoms with E-state index < -0.39 is 0 Å². The van der Waals surface area contributed by atoms with Crippen molar-refractivity contribution in [3.63, 3.8) is 0 Å². The van der Waals surface area contributed by atoms with E-state index in [1.165, 1.54) is 0 Å². The summed E-state index contributed by atoms with van der Waals surface area (Å²) in [6.45, 7) is 10.2. The second kappa shape index (κ2) is 6.50. The van der Waals surface area contributed by atoms with Gasteiger partial charge in [-0.15, -0.1) is 0 Å². The van der Waals surface area contributed by atoms with E-state index in [9.17, 15) is 9.59 Å². The van der Waals surface area contributed by atoms with E-state index in [0.29, 0.717) is 31.7 Å². The van der Waals surface area contributed by atoms with Gasteiger partial charge in [0, 0.05) is 43.6 Å². The van der Waals surface area contributed by atoms with Crippen molar-refractivity contribution in [2.75, 3.05) is 26.2 Å². The average Bonchev–Trinajstić information content (AvgIpc) is 3.02. The molecule has 1 N–H and O–H groups in total. The Morgan fingerprint density at radius 2 is 1.76 bits per heavy atom. The number of H-pyrrole nitrogens is 1. The molecule has 2 heterocycles. The summed E-state index contributed by atoms with van der Waals surface area (Å²) in [4.78, 5) is 36.5. The van der Waals surface area contributed by atoms with Crippen molar-refractivity contribution < 1.29 is 9.59 Å². The van der Waals surface area contributed by atoms with Gasteiger partial charge in [-0.3, -0.25) is 9.59 Å². The summed E-state index contributed by atoms with van der Waals surface area (Å²) in [6.07, 6.45) is 0.835. The van der Waals surface area contributed by atoms with Crippen LogP contribution >= 0.6 is 0 Å². The maximum absolute atomic E-state index is 12.8. The Morgan fingerprint density at radius 3 is 2.36 bits per heavy atom. The first-order valence-electron chi connectivity index (χ1n) is 8.87. The lowest BCUT2D eigenvalue weighted by molar-refractivity contribution is -0.140. The normalized spacial score (nSPS) is 15.7. The average molecular weight is 342 g/mol. The number of nitrogens with zero attached hydrogens (tertiary/aromatic N) is 3. The molecule has 0 spiro atoms. The zero-order valence-electron chi connectivity index (χ0n) is 15.4. The minimum atomic E-state index is -0.380. The summed E-state index contributed by atoms with van der Waals surface area (Å²) in [7, 11) is 0. The van der Waals surface area contributed by atoms with Crippen LogP contribution in [-0.4, -0.2) is 57.8 Å². The van der Waals surface area contributed by atoms with Crippen molar-refractivity contribution in [2.24, 2.45) is 5.41 Å². The Morgan fingerprint density at radius 1 is 1.12 bits per heavy atom. The summed E-state index contributed by atoms with van der Waals surface area (Å²) in [5, 5.41) is 0. The first-order valence-corrected chi connectivity index (χ1v) is 8.87. The number of carbonyl (C=O) groups is 2. The highest BCUT2D eigenvalue weighted by molar-refractivity contribution is 5.97. The van der Waals surface area contributed by atoms with Crippen LogP contribution < -0.4 is 0 Å². The lowest BCUT2D eigenvalue weighted by Crippen LogP contribution is -2.53. The van der Waals surface area contributed by atoms with Crippen molar-refractivity contribution in [1.82, 2.24) is 19.8 Å². The Labute approximate surface area is 148 Å². The monoisotopic (exact) mass is 342 g/mol. The molecule has 1 aromatic carbocycles. The Bertz CT molecular complexity index is 795. The van der Waals surface area contributed by atoms with Crippen molar-refractivity contribution >= 4 is 22.8 Å². The molecule has 3 rings (SSSR count). The number of rotatable bonds is 2. The Kier molecular flexibility index (Phi) is 4.54. The molecule has 0 saturated carbocycles. The van der Waals surface area contributed by atoms with Crippen molar-refractivity contribution in [2.45, 2.75) is 34.1 Å². The molecule has 1 aromatic heterocycles. The first-order chi connectivity index (χ1) is 11.8. The van der Waals surface area contributed by atoms with Gasteiger partial charge in [0.15, 0.2) is 0 Å². The molecular formula is C19H26N4O2. The fourth-order valence-corrected chi connectivity index (χ4v) is 3.13. The molecule has 0 bridgehead atoms. The molecule has 0 unspecified atom stereocenters. The number of carbonyl (C=O) groups excluding carboxylic acids is 2. The van der Waals surface area contributed by atoms with Crippen LogP contribution in [0.15, 0.2) is 18.2 Å². The predicted molar refractivity (Wildman–Crippen MR) is 97.4 cm³/mol. The number of nitrogens with one attached hydrogen (secondary N) is 1. The van der Waals surface area contributed by atoms with Gasteiger partial charge in [-0.2, -0.15) is 0 Å². The van der Waals surface area contributed by atoms with Crippen molar-refractivity contribution in [3.8, 4) is 0 Å². The molecular weight excluding hydrogens is 316 g/mol. The van der Waals surface area contributed by atoms with Crippen LogP contribution in [-0.2, 0) is 11.2 Å². The zero-order valence-corrected chi connectivity index (χ0v) is 15.4. The number of hydrogen-bond donors (Lipinski definition) is 1. The lowest BCUT2D eigenvalue weighted by atomic mass is 9.94. The van der Waals surface area contributed by atoms with Gasteiger partial charge in [-0.25, -0.2) is 4.98 Å². The smallest absolute Gasteiger partial charge is 0.254 e. The third-order valence-electron chi connectivity index (χ3n) is 4.61. The van der Waals surface area contributed by atoms with Gasteiger partial charge in [-0.05, 0) is 18.2 Å². The van der Waals surface area contributed by atoms with Crippen LogP contribution in [0, 0.1) is 5.41 Å². The second-order valence-corrected chi connectivity index (χ2v) is 7.60. The maximum atomic E-state index is 12.8. The summed E-state index contributed by atoms with van der Waals surface area (Å²) in [6, 6.07) is 5.59. The van der Waals surface area contributed by atoms with E-state index in [1.54, 1.807) is 0 Å². The minimum Gasteiger partial charge on any atom is -0.342 e. The second-order valence-electron chi connectivity index (χ2n) is 7.60. The molecule has 1 aliphatic heterocycles. The van der Waals surface area contributed by atoms with E-state index in [-0.39, 0.29) is 17.2 Å². The number of hydrogen-bond acceptors (Lipinski definition) is 3. The summed E-state index contributed by atoms with van der Waals surface area (Å²) < 4.78 is 0. The molecule has 2 amide bonds. The molecule has 6 heteroatoms. The number of fused-ring (bicyclic) bond motifs is 1. The minimum absolute atomic E-state index is 0.0115. The third kappa shape index (κ3) is 3.52. The van der Waals surface area contributed by atoms with Crippen LogP contribution in [0.2, 0.25) is 0 Å². The molecule has 1 fully saturated rings. The third-order valence-corrected chi connectivity index (χ3v) is 4.61. The van der Waals surface area contributed by atoms with Gasteiger partial charge in [-0.1, -0.05) is 27.7 Å². The number of imidazole rings is 1. The summed E-state index contributed by atoms with van der Waals surface area (Å²) >= 11 is 0. The molecule has 0 radical (unpaired) electrons. The fraction of sp³-hybridized carbons (Fsp3) is 0.526. The first kappa shape index (κ1) is 17.5. The van der Waals surface area contributed by atoms with Gasteiger partial charge >= 0.3 is 0 Å². The van der Waals surface area contributed by atoms with Crippen LogP contribution in [0.25, 0.3) is 11.0 Å². The predicted octanol–water partition coefficient (Wildman–Crippen LogP) is 2.46. The van der Waals surface area contributed by atoms with E-state index in [0.717, 1.165) is 23.3 Å². The van der Waals surface area contributed by atoms with Crippen molar-refractivity contribution in [1.29, 1.82) is 0 Å². The Balaban J connectivity index is 1.69. The molecule has 25 heavy (non-hydrogen) atoms. The van der Waals surface area contributed by atoms with E-state index in [2.05, 4.69) is 9.97 Å². The fourth-order valence-electron chi connectivity index (χ4n) is 3.13. The van der Waals surface area contributed by atoms with Crippen LogP contribution in [0.5, 0.6) is 0 Å². The zero-order chi connectivity index (χ0) is 18.2. The molecule has 0 atom stereocenters. The highest BCUT2D eigenvalue weighted by Crippen LogP contribution is 2.20. The number of aryl methyl sites for hydroxylation is 1. The van der Waals surface area contributed by atoms with Crippen LogP contribution in [0.4, 0.5) is 0 Å². The molecule has 6 nitrogen and oxygen atoms in total. The molecule has 2 aromatic rings. The summed E-state index contributed by atoms with van der Waals surface area (Å²) in [5.74, 6) is 1.08. The van der Waals surface area contributed by atoms with Gasteiger partial charge in [0.05, 0.1) is 11.0 Å². The van der Waals surface area contributed by atoms with E-state index in [4.69, 9.17) is 0 Å². The quantitative estimate of drug-likeness (QED) is 0.911. The lowest BCUT2D eigenvalue weighted by Gasteiger charge is -2.37. The topological polar surface area (TPSA) is 69.3 Å². The van der Waals surface area contributed by atoms with Gasteiger partial charge in [0.25, 0.3) is 5.91 Å². The highest BCUT2D eigenvalue weighted by Gasteiger charge is 2.31. The molecule has 134 valence electrons. The van der Waals surface area contributed by atoms with Crippen LogP contribution in [0.1, 0.15) is 43.9 Å². The Hall–Kier alpha value is -2.37. The van der Waals surface area contributed by atoms with Gasteiger partial charge in [0.2, 0.25) is 5.91 Å². The van der Waals surface area contributed by atoms with E-state index in [1.807, 2.05) is 55.7 Å². The molecule has 1 aliphatic rings. The number of aromatic nitrogens is 2.